The van der Waals surface area contributed by atoms with Crippen molar-refractivity contribution in [2.24, 2.45) is 0 Å². The van der Waals surface area contributed by atoms with Crippen LogP contribution in [0.5, 0.6) is 5.75 Å². The second-order valence-corrected chi connectivity index (χ2v) is 7.88. The monoisotopic (exact) mass is 421 g/mol. The lowest BCUT2D eigenvalue weighted by Crippen LogP contribution is -2.32. The number of carbonyl (C=O) groups excluding carboxylic acids is 2. The summed E-state index contributed by atoms with van der Waals surface area (Å²) >= 11 is 1.26. The Balaban J connectivity index is 2.05. The molecule has 0 radical (unpaired) electrons. The molecule has 1 saturated heterocycles. The predicted molar refractivity (Wildman–Crippen MR) is 118 cm³/mol. The number of benzene rings is 2. The number of para-hydroxylation sites is 1. The van der Waals surface area contributed by atoms with E-state index in [1.54, 1.807) is 7.11 Å². The normalized spacial score (nSPS) is 17.5. The van der Waals surface area contributed by atoms with Crippen LogP contribution in [0.4, 0.5) is 5.69 Å². The molecule has 30 heavy (non-hydrogen) atoms. The van der Waals surface area contributed by atoms with E-state index in [9.17, 15) is 14.9 Å². The number of nitrogens with one attached hydrogen (secondary N) is 1. The summed E-state index contributed by atoms with van der Waals surface area (Å²) in [5, 5.41) is 12.1. The maximum absolute atomic E-state index is 13.4. The summed E-state index contributed by atoms with van der Waals surface area (Å²) in [6.07, 6.45) is 1.21. The third-order valence-corrected chi connectivity index (χ3v) is 6.19. The fraction of sp³-hybridized carbons (Fsp3) is 0.261. The van der Waals surface area contributed by atoms with Crippen molar-refractivity contribution >= 4 is 29.3 Å². The molecule has 2 aromatic carbocycles. The van der Waals surface area contributed by atoms with E-state index in [4.69, 9.17) is 4.74 Å². The van der Waals surface area contributed by atoms with Gasteiger partial charge in [0.15, 0.2) is 0 Å². The lowest BCUT2D eigenvalue weighted by atomic mass is 10.1. The molecule has 1 N–H and O–H groups in total. The van der Waals surface area contributed by atoms with Crippen molar-refractivity contribution < 1.29 is 14.3 Å². The molecule has 0 aliphatic carbocycles. The highest BCUT2D eigenvalue weighted by atomic mass is 32.2. The first-order valence-electron chi connectivity index (χ1n) is 9.61. The number of nitriles is 1. The van der Waals surface area contributed by atoms with Crippen LogP contribution in [0.25, 0.3) is 0 Å². The Morgan fingerprint density at radius 2 is 1.93 bits per heavy atom. The molecule has 1 aliphatic heterocycles. The first-order valence-corrected chi connectivity index (χ1v) is 10.5. The molecule has 6 nitrogen and oxygen atoms in total. The molecular weight excluding hydrogens is 398 g/mol. The molecule has 1 heterocycles. The average molecular weight is 422 g/mol. The van der Waals surface area contributed by atoms with Gasteiger partial charge in [0.25, 0.3) is 5.91 Å². The van der Waals surface area contributed by atoms with Crippen LogP contribution >= 0.6 is 11.8 Å². The topological polar surface area (TPSA) is 82.4 Å². The van der Waals surface area contributed by atoms with E-state index in [1.165, 1.54) is 23.7 Å². The Morgan fingerprint density at radius 1 is 1.23 bits per heavy atom. The number of carbonyl (C=O) groups is 2. The smallest absolute Gasteiger partial charge is 0.264 e. The van der Waals surface area contributed by atoms with Crippen molar-refractivity contribution in [1.82, 2.24) is 5.32 Å². The van der Waals surface area contributed by atoms with Gasteiger partial charge in [-0.15, -0.1) is 0 Å². The van der Waals surface area contributed by atoms with Gasteiger partial charge in [-0.2, -0.15) is 5.26 Å². The van der Waals surface area contributed by atoms with E-state index in [0.29, 0.717) is 17.1 Å². The lowest BCUT2D eigenvalue weighted by Gasteiger charge is -2.21. The zero-order valence-corrected chi connectivity index (χ0v) is 18.0. The third kappa shape index (κ3) is 4.19. The van der Waals surface area contributed by atoms with Gasteiger partial charge in [-0.3, -0.25) is 14.5 Å². The second kappa shape index (κ2) is 9.51. The number of rotatable bonds is 6. The molecule has 7 heteroatoms. The molecule has 1 atom stereocenters. The van der Waals surface area contributed by atoms with E-state index in [0.717, 1.165) is 23.3 Å². The van der Waals surface area contributed by atoms with E-state index in [-0.39, 0.29) is 11.5 Å². The summed E-state index contributed by atoms with van der Waals surface area (Å²) in [6.45, 7) is 2.01. The van der Waals surface area contributed by atoms with Gasteiger partial charge in [-0.05, 0) is 42.2 Å². The van der Waals surface area contributed by atoms with Gasteiger partial charge in [0, 0.05) is 7.05 Å². The predicted octanol–water partition coefficient (Wildman–Crippen LogP) is 3.43. The number of aryl methyl sites for hydroxylation is 1. The summed E-state index contributed by atoms with van der Waals surface area (Å²) in [6, 6.07) is 17.1. The van der Waals surface area contributed by atoms with Gasteiger partial charge in [0.1, 0.15) is 22.4 Å². The van der Waals surface area contributed by atoms with Crippen molar-refractivity contribution in [2.75, 3.05) is 19.1 Å². The number of thioether (sulfide) groups is 1. The molecule has 1 aliphatic rings. The number of hydrogen-bond donors (Lipinski definition) is 1. The van der Waals surface area contributed by atoms with E-state index < -0.39 is 11.2 Å². The minimum Gasteiger partial charge on any atom is -0.497 e. The summed E-state index contributed by atoms with van der Waals surface area (Å²) < 4.78 is 5.19. The number of ether oxygens (including phenoxy) is 1. The zero-order valence-electron chi connectivity index (χ0n) is 17.1. The number of methoxy groups -OCH3 is 1. The van der Waals surface area contributed by atoms with E-state index in [1.807, 2.05) is 61.5 Å². The largest absolute Gasteiger partial charge is 0.497 e. The zero-order chi connectivity index (χ0) is 21.7. The Labute approximate surface area is 180 Å². The molecule has 154 valence electrons. The van der Waals surface area contributed by atoms with Gasteiger partial charge in [0.2, 0.25) is 5.91 Å². The quantitative estimate of drug-likeness (QED) is 0.571. The Kier molecular flexibility index (Phi) is 6.80. The molecule has 0 bridgehead atoms. The number of anilines is 1. The minimum absolute atomic E-state index is 0.0565. The Bertz CT molecular complexity index is 1020. The standard InChI is InChI=1S/C23H23N3O3S/c1-4-16-7-5-6-8-19(16)26-22(28)20(13-15-9-11-17(29-3)12-10-15)30-23(26)18(14-24)21(27)25-2/h5-12,20H,4,13H2,1-3H3,(H,25,27)/b23-18+/t20-/m0/s1. The van der Waals surface area contributed by atoms with Crippen LogP contribution in [0.3, 0.4) is 0 Å². The molecule has 2 aromatic rings. The molecule has 1 fully saturated rings. The van der Waals surface area contributed by atoms with Crippen LogP contribution in [0.15, 0.2) is 59.1 Å². The SMILES string of the molecule is CCc1ccccc1N1C(=O)[C@H](Cc2ccc(OC)cc2)S/C1=C(\C#N)C(=O)NC. The van der Waals surface area contributed by atoms with Crippen molar-refractivity contribution in [1.29, 1.82) is 5.26 Å². The van der Waals surface area contributed by atoms with Gasteiger partial charge < -0.3 is 10.1 Å². The molecule has 0 aromatic heterocycles. The van der Waals surface area contributed by atoms with Crippen LogP contribution in [0.2, 0.25) is 0 Å². The fourth-order valence-electron chi connectivity index (χ4n) is 3.33. The maximum atomic E-state index is 13.4. The number of amides is 2. The molecular formula is C23H23N3O3S. The van der Waals surface area contributed by atoms with Crippen molar-refractivity contribution in [2.45, 2.75) is 25.0 Å². The van der Waals surface area contributed by atoms with Gasteiger partial charge in [0.05, 0.1) is 18.0 Å². The fourth-order valence-corrected chi connectivity index (χ4v) is 4.64. The van der Waals surface area contributed by atoms with E-state index >= 15 is 0 Å². The highest BCUT2D eigenvalue weighted by molar-refractivity contribution is 8.05. The first-order chi connectivity index (χ1) is 14.5. The highest BCUT2D eigenvalue weighted by Crippen LogP contribution is 2.43. The number of likely N-dealkylation sites (N-methyl/N-ethyl adjacent to an activating group) is 1. The Morgan fingerprint density at radius 3 is 2.53 bits per heavy atom. The van der Waals surface area contributed by atoms with E-state index in [2.05, 4.69) is 5.32 Å². The summed E-state index contributed by atoms with van der Waals surface area (Å²) in [5.74, 6) is 0.106. The first kappa shape index (κ1) is 21.5. The van der Waals surface area contributed by atoms with Crippen LogP contribution in [-0.2, 0) is 22.4 Å². The van der Waals surface area contributed by atoms with Crippen LogP contribution in [0.1, 0.15) is 18.1 Å². The summed E-state index contributed by atoms with van der Waals surface area (Å²) in [4.78, 5) is 27.3. The number of nitrogens with zero attached hydrogens (tertiary/aromatic N) is 2. The van der Waals surface area contributed by atoms with Crippen molar-refractivity contribution in [3.63, 3.8) is 0 Å². The van der Waals surface area contributed by atoms with Crippen molar-refractivity contribution in [3.8, 4) is 11.8 Å². The molecule has 0 spiro atoms. The molecule has 0 unspecified atom stereocenters. The van der Waals surface area contributed by atoms with Crippen LogP contribution in [-0.4, -0.2) is 31.2 Å². The highest BCUT2D eigenvalue weighted by Gasteiger charge is 2.41. The Hall–Kier alpha value is -3.24. The van der Waals surface area contributed by atoms with Crippen LogP contribution < -0.4 is 15.0 Å². The van der Waals surface area contributed by atoms with Crippen LogP contribution in [0, 0.1) is 11.3 Å². The number of hydrogen-bond acceptors (Lipinski definition) is 5. The van der Waals surface area contributed by atoms with Crippen molar-refractivity contribution in [3.05, 3.63) is 70.3 Å². The second-order valence-electron chi connectivity index (χ2n) is 6.69. The summed E-state index contributed by atoms with van der Waals surface area (Å²) in [5.41, 5.74) is 2.61. The summed E-state index contributed by atoms with van der Waals surface area (Å²) in [7, 11) is 3.08. The molecule has 3 rings (SSSR count). The third-order valence-electron chi connectivity index (χ3n) is 4.93. The minimum atomic E-state index is -0.503. The molecule has 2 amide bonds. The van der Waals surface area contributed by atoms with Gasteiger partial charge >= 0.3 is 0 Å². The molecule has 0 saturated carbocycles. The lowest BCUT2D eigenvalue weighted by molar-refractivity contribution is -0.117. The van der Waals surface area contributed by atoms with Gasteiger partial charge in [-0.1, -0.05) is 49.0 Å². The maximum Gasteiger partial charge on any atom is 0.264 e. The average Bonchev–Trinajstić information content (AvgIpc) is 3.09. The van der Waals surface area contributed by atoms with Gasteiger partial charge in [-0.25, -0.2) is 0 Å².